The molecule has 3 heterocycles. The first-order valence-corrected chi connectivity index (χ1v) is 8.25. The number of aliphatic carboxylic acids is 1. The number of hydrogen-bond donors (Lipinski definition) is 1. The highest BCUT2D eigenvalue weighted by molar-refractivity contribution is 7.18. The fourth-order valence-corrected chi connectivity index (χ4v) is 3.84. The van der Waals surface area contributed by atoms with Crippen LogP contribution in [0.1, 0.15) is 37.5 Å². The Hall–Kier alpha value is -1.69. The van der Waals surface area contributed by atoms with Crippen LogP contribution in [0.2, 0.25) is 0 Å². The lowest BCUT2D eigenvalue weighted by Crippen LogP contribution is -2.41. The van der Waals surface area contributed by atoms with Gasteiger partial charge in [-0.25, -0.2) is 14.8 Å². The topological polar surface area (TPSA) is 66.3 Å². The zero-order chi connectivity index (χ0) is 14.8. The standard InChI is InChI=1S/C15H19N3O2S/c1-2-10-8-11-13(16-9-17-14(11)21-10)18-7-5-3-4-6-12(18)15(19)20/h8-9,12H,2-7H2,1H3,(H,19,20). The molecule has 2 aromatic heterocycles. The van der Waals surface area contributed by atoms with E-state index in [1.54, 1.807) is 17.7 Å². The van der Waals surface area contributed by atoms with Crippen molar-refractivity contribution in [2.45, 2.75) is 45.1 Å². The van der Waals surface area contributed by atoms with Gasteiger partial charge in [-0.15, -0.1) is 11.3 Å². The minimum absolute atomic E-state index is 0.476. The third-order valence-corrected chi connectivity index (χ3v) is 5.21. The number of carbonyl (C=O) groups is 1. The van der Waals surface area contributed by atoms with Crippen molar-refractivity contribution in [1.82, 2.24) is 9.97 Å². The second kappa shape index (κ2) is 5.97. The van der Waals surface area contributed by atoms with E-state index in [1.807, 2.05) is 4.90 Å². The Morgan fingerprint density at radius 3 is 3.05 bits per heavy atom. The maximum atomic E-state index is 11.6. The molecule has 0 saturated carbocycles. The average molecular weight is 305 g/mol. The molecule has 1 N–H and O–H groups in total. The summed E-state index contributed by atoms with van der Waals surface area (Å²) in [5.74, 6) is 0.0276. The van der Waals surface area contributed by atoms with Crippen molar-refractivity contribution in [2.75, 3.05) is 11.4 Å². The molecule has 6 heteroatoms. The van der Waals surface area contributed by atoms with E-state index in [0.29, 0.717) is 6.42 Å². The molecule has 1 aliphatic rings. The molecular weight excluding hydrogens is 286 g/mol. The predicted molar refractivity (Wildman–Crippen MR) is 84.0 cm³/mol. The molecule has 1 saturated heterocycles. The van der Waals surface area contributed by atoms with Gasteiger partial charge < -0.3 is 10.0 Å². The molecule has 3 rings (SSSR count). The first kappa shape index (κ1) is 14.3. The van der Waals surface area contributed by atoms with E-state index < -0.39 is 12.0 Å². The molecule has 1 aliphatic heterocycles. The van der Waals surface area contributed by atoms with Crippen LogP contribution in [-0.2, 0) is 11.2 Å². The number of hydrogen-bond acceptors (Lipinski definition) is 5. The summed E-state index contributed by atoms with van der Waals surface area (Å²) in [4.78, 5) is 24.5. The van der Waals surface area contributed by atoms with Crippen LogP contribution in [0.15, 0.2) is 12.4 Å². The molecule has 0 aliphatic carbocycles. The number of nitrogens with zero attached hydrogens (tertiary/aromatic N) is 3. The van der Waals surface area contributed by atoms with E-state index >= 15 is 0 Å². The van der Waals surface area contributed by atoms with Gasteiger partial charge in [-0.2, -0.15) is 0 Å². The zero-order valence-corrected chi connectivity index (χ0v) is 12.9. The molecule has 0 bridgehead atoms. The third kappa shape index (κ3) is 2.72. The summed E-state index contributed by atoms with van der Waals surface area (Å²) < 4.78 is 0. The van der Waals surface area contributed by atoms with Gasteiger partial charge in [0, 0.05) is 11.4 Å². The lowest BCUT2D eigenvalue weighted by molar-refractivity contribution is -0.138. The Labute approximate surface area is 127 Å². The summed E-state index contributed by atoms with van der Waals surface area (Å²) in [7, 11) is 0. The second-order valence-corrected chi connectivity index (χ2v) is 6.49. The summed E-state index contributed by atoms with van der Waals surface area (Å²) in [5, 5.41) is 10.5. The quantitative estimate of drug-likeness (QED) is 0.944. The summed E-state index contributed by atoms with van der Waals surface area (Å²) >= 11 is 1.67. The molecule has 21 heavy (non-hydrogen) atoms. The first-order chi connectivity index (χ1) is 10.2. The molecule has 112 valence electrons. The van der Waals surface area contributed by atoms with Gasteiger partial charge in [0.2, 0.25) is 0 Å². The van der Waals surface area contributed by atoms with Crippen LogP contribution in [-0.4, -0.2) is 33.6 Å². The first-order valence-electron chi connectivity index (χ1n) is 7.43. The molecule has 1 fully saturated rings. The van der Waals surface area contributed by atoms with Crippen molar-refractivity contribution in [2.24, 2.45) is 0 Å². The maximum absolute atomic E-state index is 11.6. The monoisotopic (exact) mass is 305 g/mol. The van der Waals surface area contributed by atoms with Crippen LogP contribution in [0.5, 0.6) is 0 Å². The number of aryl methyl sites for hydroxylation is 1. The Balaban J connectivity index is 2.07. The summed E-state index contributed by atoms with van der Waals surface area (Å²) in [6.45, 7) is 2.87. The van der Waals surface area contributed by atoms with Crippen molar-refractivity contribution < 1.29 is 9.90 Å². The Bertz CT molecular complexity index is 655. The van der Waals surface area contributed by atoms with Gasteiger partial charge in [-0.05, 0) is 25.3 Å². The van der Waals surface area contributed by atoms with Crippen LogP contribution >= 0.6 is 11.3 Å². The van der Waals surface area contributed by atoms with Crippen LogP contribution in [0, 0.1) is 0 Å². The van der Waals surface area contributed by atoms with E-state index in [2.05, 4.69) is 23.0 Å². The van der Waals surface area contributed by atoms with E-state index in [1.165, 1.54) is 4.88 Å². The van der Waals surface area contributed by atoms with E-state index in [-0.39, 0.29) is 0 Å². The maximum Gasteiger partial charge on any atom is 0.326 e. The van der Waals surface area contributed by atoms with E-state index in [0.717, 1.165) is 48.3 Å². The van der Waals surface area contributed by atoms with Crippen molar-refractivity contribution in [3.63, 3.8) is 0 Å². The van der Waals surface area contributed by atoms with Crippen molar-refractivity contribution in [1.29, 1.82) is 0 Å². The molecule has 5 nitrogen and oxygen atoms in total. The Kier molecular flexibility index (Phi) is 4.05. The normalized spacial score (nSPS) is 19.7. The summed E-state index contributed by atoms with van der Waals surface area (Å²) in [5.41, 5.74) is 0. The number of fused-ring (bicyclic) bond motifs is 1. The number of thiophene rings is 1. The van der Waals surface area contributed by atoms with Gasteiger partial charge in [0.15, 0.2) is 0 Å². The van der Waals surface area contributed by atoms with Crippen LogP contribution in [0.3, 0.4) is 0 Å². The van der Waals surface area contributed by atoms with Crippen molar-refractivity contribution in [3.05, 3.63) is 17.3 Å². The van der Waals surface area contributed by atoms with Gasteiger partial charge >= 0.3 is 5.97 Å². The number of rotatable bonds is 3. The van der Waals surface area contributed by atoms with Gasteiger partial charge in [0.1, 0.15) is 23.0 Å². The SMILES string of the molecule is CCc1cc2c(N3CCCCCC3C(=O)O)ncnc2s1. The van der Waals surface area contributed by atoms with E-state index in [4.69, 9.17) is 0 Å². The summed E-state index contributed by atoms with van der Waals surface area (Å²) in [6, 6.07) is 1.63. The molecule has 0 amide bonds. The van der Waals surface area contributed by atoms with Crippen LogP contribution < -0.4 is 4.90 Å². The molecule has 0 spiro atoms. The molecule has 1 unspecified atom stereocenters. The number of carboxylic acid groups (broad SMARTS) is 1. The highest BCUT2D eigenvalue weighted by Gasteiger charge is 2.29. The van der Waals surface area contributed by atoms with Gasteiger partial charge in [-0.1, -0.05) is 19.8 Å². The largest absolute Gasteiger partial charge is 0.480 e. The van der Waals surface area contributed by atoms with Gasteiger partial charge in [0.05, 0.1) is 5.39 Å². The fourth-order valence-electron chi connectivity index (χ4n) is 2.91. The molecular formula is C15H19N3O2S. The van der Waals surface area contributed by atoms with E-state index in [9.17, 15) is 9.90 Å². The second-order valence-electron chi connectivity index (χ2n) is 5.38. The predicted octanol–water partition coefficient (Wildman–Crippen LogP) is 3.09. The Morgan fingerprint density at radius 2 is 2.29 bits per heavy atom. The number of carboxylic acids is 1. The van der Waals surface area contributed by atoms with Gasteiger partial charge in [0.25, 0.3) is 0 Å². The average Bonchev–Trinajstić information content (AvgIpc) is 2.75. The van der Waals surface area contributed by atoms with Crippen LogP contribution in [0.4, 0.5) is 5.82 Å². The third-order valence-electron chi connectivity index (χ3n) is 4.02. The van der Waals surface area contributed by atoms with Crippen molar-refractivity contribution >= 4 is 33.3 Å². The molecule has 1 atom stereocenters. The zero-order valence-electron chi connectivity index (χ0n) is 12.1. The smallest absolute Gasteiger partial charge is 0.326 e. The lowest BCUT2D eigenvalue weighted by Gasteiger charge is -2.28. The summed E-state index contributed by atoms with van der Waals surface area (Å²) in [6.07, 6.45) is 6.26. The Morgan fingerprint density at radius 1 is 1.43 bits per heavy atom. The highest BCUT2D eigenvalue weighted by Crippen LogP contribution is 2.33. The molecule has 0 aromatic carbocycles. The minimum Gasteiger partial charge on any atom is -0.480 e. The number of aromatic nitrogens is 2. The van der Waals surface area contributed by atoms with Gasteiger partial charge in [-0.3, -0.25) is 0 Å². The highest BCUT2D eigenvalue weighted by atomic mass is 32.1. The van der Waals surface area contributed by atoms with Crippen molar-refractivity contribution in [3.8, 4) is 0 Å². The molecule has 2 aromatic rings. The molecule has 0 radical (unpaired) electrons. The minimum atomic E-state index is -0.755. The van der Waals surface area contributed by atoms with Crippen LogP contribution in [0.25, 0.3) is 10.2 Å². The fraction of sp³-hybridized carbons (Fsp3) is 0.533. The lowest BCUT2D eigenvalue weighted by atomic mass is 10.1. The number of anilines is 1.